The van der Waals surface area contributed by atoms with Crippen molar-refractivity contribution < 1.29 is 13.6 Å². The summed E-state index contributed by atoms with van der Waals surface area (Å²) in [6.07, 6.45) is 8.37. The maximum absolute atomic E-state index is 13.7. The van der Waals surface area contributed by atoms with Gasteiger partial charge >= 0.3 is 0 Å². The number of nitriles is 1. The van der Waals surface area contributed by atoms with Gasteiger partial charge in [0, 0.05) is 37.4 Å². The Bertz CT molecular complexity index is 1040. The van der Waals surface area contributed by atoms with Crippen molar-refractivity contribution in [2.24, 2.45) is 28.8 Å². The minimum Gasteiger partial charge on any atom is -0.336 e. The molecule has 0 saturated heterocycles. The van der Waals surface area contributed by atoms with Crippen molar-refractivity contribution in [2.75, 3.05) is 0 Å². The zero-order valence-electron chi connectivity index (χ0n) is 16.3. The van der Waals surface area contributed by atoms with Crippen molar-refractivity contribution in [1.82, 2.24) is 14.6 Å². The number of hydrogen-bond acceptors (Lipinski definition) is 4. The molecule has 0 radical (unpaired) electrons. The fourth-order valence-electron chi connectivity index (χ4n) is 5.44. The number of hydrazone groups is 1. The van der Waals surface area contributed by atoms with Gasteiger partial charge in [-0.3, -0.25) is 4.79 Å². The van der Waals surface area contributed by atoms with E-state index in [4.69, 9.17) is 5.26 Å². The van der Waals surface area contributed by atoms with Gasteiger partial charge in [-0.2, -0.15) is 10.4 Å². The molecule has 30 heavy (non-hydrogen) atoms. The molecule has 2 aromatic rings. The number of rotatable bonds is 4. The van der Waals surface area contributed by atoms with Crippen LogP contribution in [0.5, 0.6) is 0 Å². The summed E-state index contributed by atoms with van der Waals surface area (Å²) >= 11 is 0. The summed E-state index contributed by atoms with van der Waals surface area (Å²) in [7, 11) is 0. The first-order valence-electron chi connectivity index (χ1n) is 10.3. The molecule has 1 aromatic heterocycles. The topological polar surface area (TPSA) is 74.3 Å². The molecular formula is C22H21F2N5O. The lowest BCUT2D eigenvalue weighted by molar-refractivity contribution is -0.139. The molecule has 0 spiro atoms. The van der Waals surface area contributed by atoms with E-state index in [1.54, 1.807) is 18.7 Å². The second-order valence-corrected chi connectivity index (χ2v) is 8.51. The average Bonchev–Trinajstić information content (AvgIpc) is 3.38. The average molecular weight is 409 g/mol. The number of fused-ring (bicyclic) bond motifs is 1. The van der Waals surface area contributed by atoms with E-state index >= 15 is 0 Å². The number of aromatic nitrogens is 2. The van der Waals surface area contributed by atoms with Crippen LogP contribution in [-0.2, 0) is 11.3 Å². The molecule has 0 N–H and O–H groups in total. The van der Waals surface area contributed by atoms with Gasteiger partial charge in [-0.1, -0.05) is 0 Å². The molecule has 1 aromatic carbocycles. The summed E-state index contributed by atoms with van der Waals surface area (Å²) in [6, 6.07) is 4.96. The summed E-state index contributed by atoms with van der Waals surface area (Å²) in [6.45, 7) is 0.738. The van der Waals surface area contributed by atoms with Crippen LogP contribution in [0.15, 0.2) is 35.8 Å². The highest BCUT2D eigenvalue weighted by atomic mass is 19.1. The Hall–Kier alpha value is -3.08. The van der Waals surface area contributed by atoms with Gasteiger partial charge in [0.1, 0.15) is 17.7 Å². The van der Waals surface area contributed by atoms with Crippen LogP contribution in [-0.4, -0.2) is 26.7 Å². The molecule has 154 valence electrons. The zero-order valence-corrected chi connectivity index (χ0v) is 16.3. The van der Waals surface area contributed by atoms with E-state index in [0.717, 1.165) is 31.9 Å². The Morgan fingerprint density at radius 2 is 1.97 bits per heavy atom. The first-order valence-corrected chi connectivity index (χ1v) is 10.3. The van der Waals surface area contributed by atoms with Crippen LogP contribution >= 0.6 is 0 Å². The van der Waals surface area contributed by atoms with Crippen LogP contribution in [0.1, 0.15) is 43.0 Å². The monoisotopic (exact) mass is 409 g/mol. The zero-order chi connectivity index (χ0) is 20.8. The largest absolute Gasteiger partial charge is 0.336 e. The summed E-state index contributed by atoms with van der Waals surface area (Å²) < 4.78 is 29.3. The molecule has 2 fully saturated rings. The molecule has 2 saturated carbocycles. The molecule has 2 aliphatic carbocycles. The number of nitrogens with zero attached hydrogens (tertiary/aromatic N) is 5. The quantitative estimate of drug-likeness (QED) is 0.774. The van der Waals surface area contributed by atoms with Gasteiger partial charge in [-0.25, -0.2) is 18.8 Å². The highest BCUT2D eigenvalue weighted by Gasteiger charge is 2.52. The maximum Gasteiger partial charge on any atom is 0.246 e. The number of carbonyl (C=O) groups excluding carboxylic acids is 1. The Balaban J connectivity index is 1.33. The fraction of sp³-hybridized carbons (Fsp3) is 0.455. The number of hydrogen-bond donors (Lipinski definition) is 0. The van der Waals surface area contributed by atoms with Crippen molar-refractivity contribution in [3.05, 3.63) is 53.6 Å². The van der Waals surface area contributed by atoms with Crippen molar-refractivity contribution in [3.8, 4) is 6.07 Å². The van der Waals surface area contributed by atoms with E-state index < -0.39 is 17.7 Å². The van der Waals surface area contributed by atoms with Crippen LogP contribution in [0.3, 0.4) is 0 Å². The van der Waals surface area contributed by atoms with E-state index in [9.17, 15) is 13.6 Å². The van der Waals surface area contributed by atoms with Crippen LogP contribution < -0.4 is 0 Å². The number of amides is 1. The van der Waals surface area contributed by atoms with Crippen LogP contribution in [0, 0.1) is 46.6 Å². The molecule has 0 bridgehead atoms. The lowest BCUT2D eigenvalue weighted by atomic mass is 9.70. The van der Waals surface area contributed by atoms with Gasteiger partial charge in [-0.15, -0.1) is 0 Å². The smallest absolute Gasteiger partial charge is 0.246 e. The molecular weight excluding hydrogens is 388 g/mol. The summed E-state index contributed by atoms with van der Waals surface area (Å²) in [5.74, 6) is -0.355. The van der Waals surface area contributed by atoms with E-state index in [1.165, 1.54) is 17.1 Å². The van der Waals surface area contributed by atoms with Gasteiger partial charge in [0.05, 0.1) is 12.4 Å². The molecule has 4 unspecified atom stereocenters. The predicted molar refractivity (Wildman–Crippen MR) is 104 cm³/mol. The Morgan fingerprint density at radius 1 is 1.20 bits per heavy atom. The number of halogens is 2. The van der Waals surface area contributed by atoms with Gasteiger partial charge in [0.2, 0.25) is 5.91 Å². The highest BCUT2D eigenvalue weighted by molar-refractivity contribution is 5.82. The number of benzene rings is 1. The molecule has 6 nitrogen and oxygen atoms in total. The van der Waals surface area contributed by atoms with Crippen molar-refractivity contribution in [1.29, 1.82) is 5.26 Å². The molecule has 5 rings (SSSR count). The minimum atomic E-state index is -0.652. The van der Waals surface area contributed by atoms with Crippen molar-refractivity contribution >= 4 is 12.1 Å². The third-order valence-electron chi connectivity index (χ3n) is 6.90. The Kier molecular flexibility index (Phi) is 4.61. The normalized spacial score (nSPS) is 29.5. The van der Waals surface area contributed by atoms with E-state index in [2.05, 4.69) is 10.1 Å². The van der Waals surface area contributed by atoms with Gasteiger partial charge in [0.25, 0.3) is 0 Å². The first kappa shape index (κ1) is 18.9. The predicted octanol–water partition coefficient (Wildman–Crippen LogP) is 3.65. The molecule has 1 amide bonds. The SMILES string of the molecule is N#Cc1cn(CC2C[C@H](C(=O)N3N=CCC3c3cc(F)cc(F)c3)C3CCC23)cn1. The third-order valence-corrected chi connectivity index (χ3v) is 6.90. The van der Waals surface area contributed by atoms with Crippen LogP contribution in [0.4, 0.5) is 8.78 Å². The van der Waals surface area contributed by atoms with Crippen molar-refractivity contribution in [3.63, 3.8) is 0 Å². The maximum atomic E-state index is 13.7. The molecule has 2 heterocycles. The lowest BCUT2D eigenvalue weighted by Gasteiger charge is -2.37. The number of imidazole rings is 1. The standard InChI is InChI=1S/C22H21F2N5O/c23-15-5-13(6-16(24)8-15)21-3-4-27-29(21)22(30)20-7-14(18-1-2-19(18)20)10-28-11-17(9-25)26-12-28/h4-6,8,11-12,14,18-21H,1-3,7,10H2/t14?,18?,19?,20-,21?/m0/s1. The van der Waals surface area contributed by atoms with Crippen LogP contribution in [0.2, 0.25) is 0 Å². The molecule has 3 aliphatic rings. The number of carbonyl (C=O) groups is 1. The fourth-order valence-corrected chi connectivity index (χ4v) is 5.44. The van der Waals surface area contributed by atoms with Gasteiger partial charge in [-0.05, 0) is 54.7 Å². The van der Waals surface area contributed by atoms with Crippen LogP contribution in [0.25, 0.3) is 0 Å². The second-order valence-electron chi connectivity index (χ2n) is 8.51. The summed E-state index contributed by atoms with van der Waals surface area (Å²) in [4.78, 5) is 17.5. The van der Waals surface area contributed by atoms with E-state index in [1.807, 2.05) is 10.6 Å². The first-order chi connectivity index (χ1) is 14.5. The minimum absolute atomic E-state index is 0.0565. The van der Waals surface area contributed by atoms with E-state index in [-0.39, 0.29) is 11.8 Å². The molecule has 8 heteroatoms. The Labute approximate surface area is 172 Å². The second kappa shape index (κ2) is 7.31. The third kappa shape index (κ3) is 3.18. The Morgan fingerprint density at radius 3 is 2.63 bits per heavy atom. The summed E-state index contributed by atoms with van der Waals surface area (Å²) in [5.41, 5.74) is 0.822. The van der Waals surface area contributed by atoms with E-state index in [0.29, 0.717) is 35.4 Å². The lowest BCUT2D eigenvalue weighted by Crippen LogP contribution is -2.38. The van der Waals surface area contributed by atoms with Gasteiger partial charge in [0.15, 0.2) is 5.69 Å². The molecule has 1 aliphatic heterocycles. The van der Waals surface area contributed by atoms with Crippen molar-refractivity contribution in [2.45, 2.75) is 38.3 Å². The summed E-state index contributed by atoms with van der Waals surface area (Å²) in [5, 5.41) is 14.7. The van der Waals surface area contributed by atoms with Gasteiger partial charge < -0.3 is 4.57 Å². The molecule has 5 atom stereocenters. The highest BCUT2D eigenvalue weighted by Crippen LogP contribution is 2.55.